The van der Waals surface area contributed by atoms with Gasteiger partial charge in [0.15, 0.2) is 0 Å². The fourth-order valence-corrected chi connectivity index (χ4v) is 1.71. The Hall–Kier alpha value is -1.55. The second kappa shape index (κ2) is 4.75. The van der Waals surface area contributed by atoms with Gasteiger partial charge in [0.05, 0.1) is 12.5 Å². The molecule has 0 saturated carbocycles. The number of carbonyl (C=O) groups excluding carboxylic acids is 1. The molecule has 3 N–H and O–H groups in total. The number of ether oxygens (including phenoxy) is 1. The summed E-state index contributed by atoms with van der Waals surface area (Å²) in [6, 6.07) is 4.70. The normalized spacial score (nSPS) is 13.2. The van der Waals surface area contributed by atoms with Gasteiger partial charge in [-0.3, -0.25) is 4.79 Å². The van der Waals surface area contributed by atoms with E-state index in [-0.39, 0.29) is 5.75 Å². The molecule has 4 nitrogen and oxygen atoms in total. The standard InChI is InChI=1S/C13H19NO3/c1-8-6-5-7-9(10(8)15)11(14)13(2,3)12(16)17-4/h5-7,11,15H,14H2,1-4H3/t11-/m0/s1. The van der Waals surface area contributed by atoms with E-state index in [4.69, 9.17) is 10.5 Å². The zero-order valence-electron chi connectivity index (χ0n) is 10.7. The molecule has 0 saturated heterocycles. The van der Waals surface area contributed by atoms with Crippen molar-refractivity contribution >= 4 is 5.97 Å². The Bertz CT molecular complexity index is 427. The number of aromatic hydroxyl groups is 1. The van der Waals surface area contributed by atoms with Crippen molar-refractivity contribution in [3.8, 4) is 5.75 Å². The Morgan fingerprint density at radius 2 is 2.06 bits per heavy atom. The minimum absolute atomic E-state index is 0.136. The summed E-state index contributed by atoms with van der Waals surface area (Å²) in [5.74, 6) is -0.261. The van der Waals surface area contributed by atoms with Crippen molar-refractivity contribution < 1.29 is 14.6 Å². The average molecular weight is 237 g/mol. The zero-order valence-corrected chi connectivity index (χ0v) is 10.7. The number of aryl methyl sites for hydroxylation is 1. The van der Waals surface area contributed by atoms with Crippen LogP contribution >= 0.6 is 0 Å². The molecule has 17 heavy (non-hydrogen) atoms. The third-order valence-corrected chi connectivity index (χ3v) is 3.09. The molecule has 0 fully saturated rings. The maximum absolute atomic E-state index is 11.7. The van der Waals surface area contributed by atoms with Crippen molar-refractivity contribution in [1.29, 1.82) is 0 Å². The molecule has 0 aliphatic carbocycles. The summed E-state index contributed by atoms with van der Waals surface area (Å²) < 4.78 is 4.73. The molecule has 0 aliphatic heterocycles. The topological polar surface area (TPSA) is 72.5 Å². The van der Waals surface area contributed by atoms with E-state index in [2.05, 4.69) is 0 Å². The molecular formula is C13H19NO3. The number of rotatable bonds is 3. The number of methoxy groups -OCH3 is 1. The Morgan fingerprint density at radius 3 is 2.59 bits per heavy atom. The number of carbonyl (C=O) groups is 1. The first-order chi connectivity index (χ1) is 7.82. The maximum atomic E-state index is 11.7. The van der Waals surface area contributed by atoms with Crippen LogP contribution in [0.2, 0.25) is 0 Å². The molecule has 1 atom stereocenters. The van der Waals surface area contributed by atoms with E-state index in [1.165, 1.54) is 7.11 Å². The van der Waals surface area contributed by atoms with Gasteiger partial charge in [-0.25, -0.2) is 0 Å². The van der Waals surface area contributed by atoms with E-state index in [9.17, 15) is 9.90 Å². The lowest BCUT2D eigenvalue weighted by Crippen LogP contribution is -2.37. The van der Waals surface area contributed by atoms with Crippen LogP contribution in [0.1, 0.15) is 31.0 Å². The number of nitrogens with two attached hydrogens (primary N) is 1. The van der Waals surface area contributed by atoms with Crippen molar-refractivity contribution in [3.05, 3.63) is 29.3 Å². The smallest absolute Gasteiger partial charge is 0.313 e. The molecule has 0 radical (unpaired) electrons. The lowest BCUT2D eigenvalue weighted by molar-refractivity contribution is -0.152. The summed E-state index contributed by atoms with van der Waals surface area (Å²) in [6.07, 6.45) is 0. The van der Waals surface area contributed by atoms with Crippen molar-refractivity contribution in [2.75, 3.05) is 7.11 Å². The summed E-state index contributed by atoms with van der Waals surface area (Å²) >= 11 is 0. The summed E-state index contributed by atoms with van der Waals surface area (Å²) in [4.78, 5) is 11.7. The Labute approximate surface area is 101 Å². The number of esters is 1. The molecule has 1 aromatic carbocycles. The highest BCUT2D eigenvalue weighted by atomic mass is 16.5. The third kappa shape index (κ3) is 2.42. The van der Waals surface area contributed by atoms with Crippen LogP contribution in [0.3, 0.4) is 0 Å². The Balaban J connectivity index is 3.16. The van der Waals surface area contributed by atoms with Crippen molar-refractivity contribution in [1.82, 2.24) is 0 Å². The zero-order chi connectivity index (χ0) is 13.2. The van der Waals surface area contributed by atoms with Crippen LogP contribution in [-0.4, -0.2) is 18.2 Å². The van der Waals surface area contributed by atoms with E-state index < -0.39 is 17.4 Å². The largest absolute Gasteiger partial charge is 0.507 e. The SMILES string of the molecule is COC(=O)C(C)(C)[C@@H](N)c1cccc(C)c1O. The summed E-state index contributed by atoms with van der Waals surface area (Å²) in [6.45, 7) is 5.19. The van der Waals surface area contributed by atoms with Gasteiger partial charge in [0.1, 0.15) is 5.75 Å². The minimum Gasteiger partial charge on any atom is -0.507 e. The van der Waals surface area contributed by atoms with E-state index in [0.29, 0.717) is 5.56 Å². The molecule has 94 valence electrons. The van der Waals surface area contributed by atoms with E-state index in [0.717, 1.165) is 5.56 Å². The van der Waals surface area contributed by atoms with E-state index in [1.54, 1.807) is 39.0 Å². The van der Waals surface area contributed by atoms with Crippen molar-refractivity contribution in [3.63, 3.8) is 0 Å². The second-order valence-corrected chi connectivity index (χ2v) is 4.70. The predicted molar refractivity (Wildman–Crippen MR) is 65.6 cm³/mol. The first-order valence-electron chi connectivity index (χ1n) is 5.44. The quantitative estimate of drug-likeness (QED) is 0.787. The van der Waals surface area contributed by atoms with Crippen LogP contribution in [0.5, 0.6) is 5.75 Å². The first-order valence-corrected chi connectivity index (χ1v) is 5.44. The van der Waals surface area contributed by atoms with Gasteiger partial charge in [-0.1, -0.05) is 18.2 Å². The fourth-order valence-electron chi connectivity index (χ4n) is 1.71. The predicted octanol–water partition coefficient (Wildman–Crippen LogP) is 1.90. The van der Waals surface area contributed by atoms with Gasteiger partial charge in [-0.05, 0) is 26.3 Å². The second-order valence-electron chi connectivity index (χ2n) is 4.70. The highest BCUT2D eigenvalue weighted by Crippen LogP contribution is 2.37. The van der Waals surface area contributed by atoms with Crippen LogP contribution in [0, 0.1) is 12.3 Å². The van der Waals surface area contributed by atoms with Gasteiger partial charge in [0, 0.05) is 11.6 Å². The van der Waals surface area contributed by atoms with Gasteiger partial charge in [0.2, 0.25) is 0 Å². The number of benzene rings is 1. The number of phenolic OH excluding ortho intramolecular Hbond substituents is 1. The van der Waals surface area contributed by atoms with Crippen molar-refractivity contribution in [2.24, 2.45) is 11.1 Å². The van der Waals surface area contributed by atoms with Crippen LogP contribution in [0.25, 0.3) is 0 Å². The van der Waals surface area contributed by atoms with Crippen LogP contribution in [0.4, 0.5) is 0 Å². The van der Waals surface area contributed by atoms with Crippen LogP contribution in [0.15, 0.2) is 18.2 Å². The van der Waals surface area contributed by atoms with Gasteiger partial charge < -0.3 is 15.6 Å². The minimum atomic E-state index is -0.889. The van der Waals surface area contributed by atoms with Crippen LogP contribution < -0.4 is 5.73 Å². The molecule has 0 heterocycles. The molecule has 0 unspecified atom stereocenters. The number of hydrogen-bond acceptors (Lipinski definition) is 4. The van der Waals surface area contributed by atoms with Gasteiger partial charge in [-0.2, -0.15) is 0 Å². The summed E-state index contributed by atoms with van der Waals surface area (Å²) in [7, 11) is 1.33. The molecule has 4 heteroatoms. The lowest BCUT2D eigenvalue weighted by atomic mass is 9.80. The monoisotopic (exact) mass is 237 g/mol. The average Bonchev–Trinajstić information content (AvgIpc) is 2.30. The highest BCUT2D eigenvalue weighted by molar-refractivity contribution is 5.77. The molecule has 0 spiro atoms. The molecule has 1 rings (SSSR count). The Morgan fingerprint density at radius 1 is 1.47 bits per heavy atom. The molecule has 0 aromatic heterocycles. The molecule has 1 aromatic rings. The van der Waals surface area contributed by atoms with E-state index in [1.807, 2.05) is 0 Å². The Kier molecular flexibility index (Phi) is 3.78. The first kappa shape index (κ1) is 13.5. The highest BCUT2D eigenvalue weighted by Gasteiger charge is 2.37. The van der Waals surface area contributed by atoms with Crippen LogP contribution in [-0.2, 0) is 9.53 Å². The molecule has 0 aliphatic rings. The van der Waals surface area contributed by atoms with Crippen molar-refractivity contribution in [2.45, 2.75) is 26.8 Å². The lowest BCUT2D eigenvalue weighted by Gasteiger charge is -2.29. The summed E-state index contributed by atoms with van der Waals surface area (Å²) in [5.41, 5.74) is 6.46. The molecular weight excluding hydrogens is 218 g/mol. The van der Waals surface area contributed by atoms with Gasteiger partial charge in [0.25, 0.3) is 0 Å². The molecule has 0 amide bonds. The van der Waals surface area contributed by atoms with Gasteiger partial charge in [-0.15, -0.1) is 0 Å². The number of para-hydroxylation sites is 1. The maximum Gasteiger partial charge on any atom is 0.313 e. The third-order valence-electron chi connectivity index (χ3n) is 3.09. The number of hydrogen-bond donors (Lipinski definition) is 2. The van der Waals surface area contributed by atoms with E-state index >= 15 is 0 Å². The molecule has 0 bridgehead atoms. The number of phenols is 1. The fraction of sp³-hybridized carbons (Fsp3) is 0.462. The van der Waals surface area contributed by atoms with Gasteiger partial charge >= 0.3 is 5.97 Å². The summed E-state index contributed by atoms with van der Waals surface area (Å²) in [5, 5.41) is 9.95.